The van der Waals surface area contributed by atoms with Crippen molar-refractivity contribution in [2.75, 3.05) is 20.1 Å². The van der Waals surface area contributed by atoms with Gasteiger partial charge in [0, 0.05) is 6.42 Å². The minimum Gasteiger partial charge on any atom is -0.306 e. The summed E-state index contributed by atoms with van der Waals surface area (Å²) in [6.07, 6.45) is 2.87. The number of thiophene rings is 1. The number of hydrogen-bond donors (Lipinski definition) is 0. The van der Waals surface area contributed by atoms with Crippen LogP contribution >= 0.6 is 11.3 Å². The van der Waals surface area contributed by atoms with Crippen LogP contribution in [-0.2, 0) is 0 Å². The van der Waals surface area contributed by atoms with E-state index in [1.54, 1.807) is 11.3 Å². The van der Waals surface area contributed by atoms with Gasteiger partial charge in [-0.2, -0.15) is 0 Å². The van der Waals surface area contributed by atoms with Crippen LogP contribution in [0.3, 0.4) is 0 Å². The normalized spacial score (nSPS) is 11.4. The molecular weight excluding hydrogens is 230 g/mol. The fraction of sp³-hybridized carbons (Fsp3) is 0.643. The van der Waals surface area contributed by atoms with Crippen LogP contribution in [0.25, 0.3) is 0 Å². The van der Waals surface area contributed by atoms with Crippen molar-refractivity contribution < 1.29 is 4.79 Å². The van der Waals surface area contributed by atoms with Crippen LogP contribution in [0.15, 0.2) is 17.5 Å². The molecule has 1 rings (SSSR count). The molecule has 2 nitrogen and oxygen atoms in total. The molecule has 0 N–H and O–H groups in total. The van der Waals surface area contributed by atoms with Crippen molar-refractivity contribution in [2.24, 2.45) is 5.92 Å². The Morgan fingerprint density at radius 2 is 2.18 bits per heavy atom. The summed E-state index contributed by atoms with van der Waals surface area (Å²) >= 11 is 1.54. The number of hydrogen-bond acceptors (Lipinski definition) is 3. The standard InChI is InChI=1S/C14H23NOS/c1-12(2)8-10-15(3)9-4-6-13(16)14-7-5-11-17-14/h5,7,11-12H,4,6,8-10H2,1-3H3. The lowest BCUT2D eigenvalue weighted by molar-refractivity contribution is 0.0980. The smallest absolute Gasteiger partial charge is 0.172 e. The highest BCUT2D eigenvalue weighted by Gasteiger charge is 2.07. The second-order valence-electron chi connectivity index (χ2n) is 4.99. The van der Waals surface area contributed by atoms with Gasteiger partial charge in [-0.1, -0.05) is 19.9 Å². The molecule has 0 radical (unpaired) electrons. The third-order valence-electron chi connectivity index (χ3n) is 2.83. The van der Waals surface area contributed by atoms with E-state index in [2.05, 4.69) is 25.8 Å². The molecule has 0 aliphatic rings. The Bertz CT molecular complexity index is 319. The largest absolute Gasteiger partial charge is 0.306 e. The molecule has 0 aliphatic carbocycles. The van der Waals surface area contributed by atoms with Crippen molar-refractivity contribution in [3.63, 3.8) is 0 Å². The van der Waals surface area contributed by atoms with Crippen molar-refractivity contribution in [1.82, 2.24) is 4.90 Å². The van der Waals surface area contributed by atoms with Gasteiger partial charge >= 0.3 is 0 Å². The van der Waals surface area contributed by atoms with Crippen LogP contribution in [-0.4, -0.2) is 30.8 Å². The van der Waals surface area contributed by atoms with Gasteiger partial charge in [-0.25, -0.2) is 0 Å². The van der Waals surface area contributed by atoms with E-state index in [0.717, 1.165) is 30.3 Å². The maximum Gasteiger partial charge on any atom is 0.172 e. The van der Waals surface area contributed by atoms with Gasteiger partial charge in [-0.05, 0) is 50.3 Å². The first kappa shape index (κ1) is 14.4. The molecule has 17 heavy (non-hydrogen) atoms. The lowest BCUT2D eigenvalue weighted by Crippen LogP contribution is -2.22. The summed E-state index contributed by atoms with van der Waals surface area (Å²) in [5, 5.41) is 1.96. The number of ketones is 1. The molecule has 3 heteroatoms. The van der Waals surface area contributed by atoms with Crippen molar-refractivity contribution in [3.05, 3.63) is 22.4 Å². The SMILES string of the molecule is CC(C)CCN(C)CCCC(=O)c1cccs1. The van der Waals surface area contributed by atoms with Crippen molar-refractivity contribution in [3.8, 4) is 0 Å². The lowest BCUT2D eigenvalue weighted by Gasteiger charge is -2.17. The van der Waals surface area contributed by atoms with Crippen molar-refractivity contribution in [2.45, 2.75) is 33.1 Å². The quantitative estimate of drug-likeness (QED) is 0.659. The monoisotopic (exact) mass is 253 g/mol. The fourth-order valence-corrected chi connectivity index (χ4v) is 2.35. The Morgan fingerprint density at radius 3 is 2.76 bits per heavy atom. The summed E-state index contributed by atoms with van der Waals surface area (Å²) < 4.78 is 0. The molecule has 0 bridgehead atoms. The average Bonchev–Trinajstić information content (AvgIpc) is 2.79. The zero-order chi connectivity index (χ0) is 12.7. The lowest BCUT2D eigenvalue weighted by atomic mass is 10.1. The highest BCUT2D eigenvalue weighted by Crippen LogP contribution is 2.12. The zero-order valence-corrected chi connectivity index (χ0v) is 11.9. The summed E-state index contributed by atoms with van der Waals surface area (Å²) in [6, 6.07) is 3.85. The Kier molecular flexibility index (Phi) is 6.45. The van der Waals surface area contributed by atoms with Crippen LogP contribution in [0.5, 0.6) is 0 Å². The first-order valence-corrected chi connectivity index (χ1v) is 7.23. The number of Topliss-reactive ketones (excluding diaryl/α,β-unsaturated/α-hetero) is 1. The molecule has 0 aliphatic heterocycles. The maximum absolute atomic E-state index is 11.7. The van der Waals surface area contributed by atoms with Crippen LogP contribution in [0, 0.1) is 5.92 Å². The molecule has 0 spiro atoms. The second kappa shape index (κ2) is 7.62. The molecule has 0 amide bonds. The molecule has 0 atom stereocenters. The average molecular weight is 253 g/mol. The highest BCUT2D eigenvalue weighted by molar-refractivity contribution is 7.12. The summed E-state index contributed by atoms with van der Waals surface area (Å²) in [7, 11) is 2.14. The number of nitrogens with zero attached hydrogens (tertiary/aromatic N) is 1. The third kappa shape index (κ3) is 5.99. The van der Waals surface area contributed by atoms with Gasteiger partial charge < -0.3 is 4.90 Å². The Morgan fingerprint density at radius 1 is 1.41 bits per heavy atom. The molecule has 96 valence electrons. The summed E-state index contributed by atoms with van der Waals surface area (Å²) in [5.74, 6) is 1.04. The maximum atomic E-state index is 11.7. The first-order chi connectivity index (χ1) is 8.09. The zero-order valence-electron chi connectivity index (χ0n) is 11.1. The van der Waals surface area contributed by atoms with E-state index in [0.29, 0.717) is 6.42 Å². The van der Waals surface area contributed by atoms with E-state index in [9.17, 15) is 4.79 Å². The summed E-state index contributed by atoms with van der Waals surface area (Å²) in [6.45, 7) is 6.64. The van der Waals surface area contributed by atoms with Crippen LogP contribution in [0.4, 0.5) is 0 Å². The third-order valence-corrected chi connectivity index (χ3v) is 3.74. The minimum absolute atomic E-state index is 0.289. The first-order valence-electron chi connectivity index (χ1n) is 6.35. The van der Waals surface area contributed by atoms with E-state index >= 15 is 0 Å². The van der Waals surface area contributed by atoms with E-state index < -0.39 is 0 Å². The van der Waals surface area contributed by atoms with Gasteiger partial charge in [0.2, 0.25) is 0 Å². The molecule has 0 fully saturated rings. The topological polar surface area (TPSA) is 20.3 Å². The van der Waals surface area contributed by atoms with Crippen LogP contribution in [0.1, 0.15) is 42.8 Å². The van der Waals surface area contributed by atoms with Gasteiger partial charge in [0.05, 0.1) is 4.88 Å². The molecule has 0 unspecified atom stereocenters. The van der Waals surface area contributed by atoms with Crippen molar-refractivity contribution in [1.29, 1.82) is 0 Å². The Balaban J connectivity index is 2.13. The van der Waals surface area contributed by atoms with E-state index in [4.69, 9.17) is 0 Å². The molecule has 0 saturated carbocycles. The van der Waals surface area contributed by atoms with Crippen LogP contribution < -0.4 is 0 Å². The molecule has 0 saturated heterocycles. The molecule has 1 aromatic heterocycles. The number of rotatable bonds is 8. The molecule has 1 heterocycles. The molecule has 0 aromatic carbocycles. The molecular formula is C14H23NOS. The van der Waals surface area contributed by atoms with E-state index in [1.165, 1.54) is 6.42 Å². The minimum atomic E-state index is 0.289. The van der Waals surface area contributed by atoms with Gasteiger partial charge in [-0.3, -0.25) is 4.79 Å². The number of carbonyl (C=O) groups excluding carboxylic acids is 1. The van der Waals surface area contributed by atoms with Gasteiger partial charge in [-0.15, -0.1) is 11.3 Å². The predicted molar refractivity (Wildman–Crippen MR) is 74.8 cm³/mol. The fourth-order valence-electron chi connectivity index (χ4n) is 1.66. The van der Waals surface area contributed by atoms with Crippen molar-refractivity contribution >= 4 is 17.1 Å². The predicted octanol–water partition coefficient (Wildman–Crippen LogP) is 3.69. The van der Waals surface area contributed by atoms with Gasteiger partial charge in [0.15, 0.2) is 5.78 Å². The number of carbonyl (C=O) groups is 1. The highest BCUT2D eigenvalue weighted by atomic mass is 32.1. The van der Waals surface area contributed by atoms with E-state index in [-0.39, 0.29) is 5.78 Å². The van der Waals surface area contributed by atoms with E-state index in [1.807, 2.05) is 17.5 Å². The Hall–Kier alpha value is -0.670. The molecule has 1 aromatic rings. The van der Waals surface area contributed by atoms with Crippen LogP contribution in [0.2, 0.25) is 0 Å². The van der Waals surface area contributed by atoms with Gasteiger partial charge in [0.1, 0.15) is 0 Å². The van der Waals surface area contributed by atoms with Gasteiger partial charge in [0.25, 0.3) is 0 Å². The Labute approximate surface area is 109 Å². The summed E-state index contributed by atoms with van der Waals surface area (Å²) in [5.41, 5.74) is 0. The summed E-state index contributed by atoms with van der Waals surface area (Å²) in [4.78, 5) is 15.0. The second-order valence-corrected chi connectivity index (χ2v) is 5.94.